The molecule has 16 heteroatoms. The standard InChI is InChI=1S/C48H57N9O7/c49-44-42(45(50)60)43(32-13-20-36(21-14-32)64-35-10-4-3-5-11-35)53-57(44)34-18-16-33(17-19-34)55-29-27-54(28-30-55)26-7-2-1-6-25-51-39(58)23-15-31-9-8-12-37-41(31)48(63)56(47(37)62)38-22-24-40(59)52-46(38)61/h3-5,8-14,20-21,33-34,38H,1-2,6-7,15-19,22-30,49H2,(H2,50,60)(H,51,58)(H,52,59,61). The fraction of sp³-hybridized carbons (Fsp3) is 0.438. The number of para-hydroxylation sites is 1. The quantitative estimate of drug-likeness (QED) is 0.0833. The van der Waals surface area contributed by atoms with Crippen LogP contribution in [0.2, 0.25) is 0 Å². The summed E-state index contributed by atoms with van der Waals surface area (Å²) in [5, 5.41) is 10.1. The zero-order valence-corrected chi connectivity index (χ0v) is 36.1. The van der Waals surface area contributed by atoms with Crippen molar-refractivity contribution in [2.75, 3.05) is 45.0 Å². The van der Waals surface area contributed by atoms with E-state index in [0.29, 0.717) is 35.4 Å². The van der Waals surface area contributed by atoms with Crippen LogP contribution in [-0.4, -0.2) is 111 Å². The first-order chi connectivity index (χ1) is 31.0. The highest BCUT2D eigenvalue weighted by Gasteiger charge is 2.45. The molecule has 2 saturated heterocycles. The lowest BCUT2D eigenvalue weighted by Gasteiger charge is -2.42. The number of hydrogen-bond donors (Lipinski definition) is 4. The Morgan fingerprint density at radius 3 is 2.20 bits per heavy atom. The molecule has 0 bridgehead atoms. The molecule has 64 heavy (non-hydrogen) atoms. The number of nitrogens with zero attached hydrogens (tertiary/aromatic N) is 5. The maximum Gasteiger partial charge on any atom is 0.262 e. The highest BCUT2D eigenvalue weighted by molar-refractivity contribution is 6.24. The highest BCUT2D eigenvalue weighted by atomic mass is 16.5. The van der Waals surface area contributed by atoms with Crippen molar-refractivity contribution >= 4 is 41.3 Å². The lowest BCUT2D eigenvalue weighted by atomic mass is 9.90. The van der Waals surface area contributed by atoms with Gasteiger partial charge < -0.3 is 26.4 Å². The molecular formula is C48H57N9O7. The molecule has 8 rings (SSSR count). The molecule has 4 aromatic rings. The number of nitrogens with one attached hydrogen (secondary N) is 2. The first-order valence-electron chi connectivity index (χ1n) is 22.6. The molecule has 0 spiro atoms. The second kappa shape index (κ2) is 20.0. The number of fused-ring (bicyclic) bond motifs is 1. The molecule has 1 aliphatic carbocycles. The van der Waals surface area contributed by atoms with E-state index in [2.05, 4.69) is 20.4 Å². The normalized spacial score (nSPS) is 20.6. The van der Waals surface area contributed by atoms with E-state index in [1.807, 2.05) is 59.3 Å². The SMILES string of the molecule is NC(=O)c1c(-c2ccc(Oc3ccccc3)cc2)nn(C2CCC(N3CCN(CCCCCCNC(=O)CCc4cccc5c4C(=O)N(C4CCC(=O)NC4=O)C5=O)CC3)CC2)c1N. The zero-order valence-electron chi connectivity index (χ0n) is 36.1. The van der Waals surface area contributed by atoms with Crippen LogP contribution in [0.4, 0.5) is 5.82 Å². The van der Waals surface area contributed by atoms with Crippen LogP contribution in [0.15, 0.2) is 72.8 Å². The molecule has 6 amide bonds. The molecule has 6 N–H and O–H groups in total. The Morgan fingerprint density at radius 1 is 0.781 bits per heavy atom. The van der Waals surface area contributed by atoms with Crippen molar-refractivity contribution in [1.29, 1.82) is 0 Å². The van der Waals surface area contributed by atoms with E-state index in [9.17, 15) is 28.8 Å². The number of benzene rings is 3. The van der Waals surface area contributed by atoms with Crippen molar-refractivity contribution in [2.24, 2.45) is 5.73 Å². The molecule has 336 valence electrons. The largest absolute Gasteiger partial charge is 0.457 e. The van der Waals surface area contributed by atoms with Gasteiger partial charge in [0.1, 0.15) is 34.6 Å². The van der Waals surface area contributed by atoms with Gasteiger partial charge in [0, 0.05) is 57.2 Å². The third kappa shape index (κ3) is 9.87. The lowest BCUT2D eigenvalue weighted by Crippen LogP contribution is -2.54. The number of piperidine rings is 1. The summed E-state index contributed by atoms with van der Waals surface area (Å²) >= 11 is 0. The van der Waals surface area contributed by atoms with Crippen LogP contribution in [0.25, 0.3) is 11.3 Å². The minimum Gasteiger partial charge on any atom is -0.457 e. The average molecular weight is 872 g/mol. The Morgan fingerprint density at radius 2 is 1.48 bits per heavy atom. The van der Waals surface area contributed by atoms with Gasteiger partial charge in [0.05, 0.1) is 17.2 Å². The van der Waals surface area contributed by atoms with Crippen LogP contribution < -0.4 is 26.8 Å². The number of nitrogen functional groups attached to an aromatic ring is 1. The van der Waals surface area contributed by atoms with Crippen molar-refractivity contribution in [3.63, 3.8) is 0 Å². The summed E-state index contributed by atoms with van der Waals surface area (Å²) in [5.41, 5.74) is 15.0. The number of unbranched alkanes of at least 4 members (excludes halogenated alkanes) is 3. The summed E-state index contributed by atoms with van der Waals surface area (Å²) in [5.74, 6) is -1.16. The molecule has 3 aromatic carbocycles. The summed E-state index contributed by atoms with van der Waals surface area (Å²) in [7, 11) is 0. The minimum absolute atomic E-state index is 0.0560. The van der Waals surface area contributed by atoms with E-state index in [0.717, 1.165) is 100 Å². The van der Waals surface area contributed by atoms with Crippen molar-refractivity contribution in [3.8, 4) is 22.8 Å². The van der Waals surface area contributed by atoms with Crippen LogP contribution in [0.3, 0.4) is 0 Å². The van der Waals surface area contributed by atoms with E-state index in [1.54, 1.807) is 18.2 Å². The molecule has 0 radical (unpaired) electrons. The van der Waals surface area contributed by atoms with Crippen molar-refractivity contribution in [1.82, 2.24) is 35.1 Å². The van der Waals surface area contributed by atoms with E-state index >= 15 is 0 Å². The summed E-state index contributed by atoms with van der Waals surface area (Å²) in [6.45, 7) is 5.80. The molecule has 4 aliphatic rings. The number of nitrogens with two attached hydrogens (primary N) is 2. The van der Waals surface area contributed by atoms with Gasteiger partial charge in [0.15, 0.2) is 0 Å². The Hall–Kier alpha value is -6.39. The van der Waals surface area contributed by atoms with Gasteiger partial charge in [0.25, 0.3) is 17.7 Å². The van der Waals surface area contributed by atoms with Crippen LogP contribution in [0.1, 0.15) is 113 Å². The Bertz CT molecular complexity index is 2370. The van der Waals surface area contributed by atoms with Gasteiger partial charge in [-0.15, -0.1) is 0 Å². The number of carbonyl (C=O) groups is 6. The van der Waals surface area contributed by atoms with E-state index in [4.69, 9.17) is 21.3 Å². The number of primary amides is 1. The van der Waals surface area contributed by atoms with Gasteiger partial charge in [-0.05, 0) is 106 Å². The number of carbonyl (C=O) groups excluding carboxylic acids is 6. The maximum absolute atomic E-state index is 13.3. The number of anilines is 1. The van der Waals surface area contributed by atoms with Crippen LogP contribution in [-0.2, 0) is 20.8 Å². The Kier molecular flexibility index (Phi) is 13.8. The first kappa shape index (κ1) is 44.2. The van der Waals surface area contributed by atoms with Gasteiger partial charge in [-0.3, -0.25) is 43.9 Å². The predicted molar refractivity (Wildman–Crippen MR) is 239 cm³/mol. The number of rotatable bonds is 17. The number of aromatic nitrogens is 2. The van der Waals surface area contributed by atoms with Gasteiger partial charge in [-0.25, -0.2) is 4.68 Å². The molecule has 1 aromatic heterocycles. The number of aryl methyl sites for hydroxylation is 1. The van der Waals surface area contributed by atoms with Crippen molar-refractivity contribution < 1.29 is 33.5 Å². The second-order valence-electron chi connectivity index (χ2n) is 17.2. The predicted octanol–water partition coefficient (Wildman–Crippen LogP) is 4.84. The number of amides is 6. The molecule has 4 heterocycles. The van der Waals surface area contributed by atoms with E-state index < -0.39 is 35.6 Å². The average Bonchev–Trinajstić information content (AvgIpc) is 3.78. The highest BCUT2D eigenvalue weighted by Crippen LogP contribution is 2.37. The van der Waals surface area contributed by atoms with Crippen LogP contribution >= 0.6 is 0 Å². The third-order valence-corrected chi connectivity index (χ3v) is 13.1. The molecule has 1 atom stereocenters. The first-order valence-corrected chi connectivity index (χ1v) is 22.6. The lowest BCUT2D eigenvalue weighted by molar-refractivity contribution is -0.136. The van der Waals surface area contributed by atoms with E-state index in [-0.39, 0.29) is 54.3 Å². The molecule has 1 saturated carbocycles. The van der Waals surface area contributed by atoms with Crippen LogP contribution in [0, 0.1) is 0 Å². The molecule has 3 fully saturated rings. The maximum atomic E-state index is 13.3. The zero-order chi connectivity index (χ0) is 44.7. The topological polar surface area (TPSA) is 215 Å². The van der Waals surface area contributed by atoms with Gasteiger partial charge in [-0.1, -0.05) is 43.2 Å². The third-order valence-electron chi connectivity index (χ3n) is 13.1. The van der Waals surface area contributed by atoms with Gasteiger partial charge in [-0.2, -0.15) is 5.10 Å². The number of imide groups is 2. The summed E-state index contributed by atoms with van der Waals surface area (Å²) < 4.78 is 7.76. The number of hydrogen-bond acceptors (Lipinski definition) is 11. The van der Waals surface area contributed by atoms with Crippen molar-refractivity contribution in [2.45, 2.75) is 95.2 Å². The molecular weight excluding hydrogens is 815 g/mol. The monoisotopic (exact) mass is 871 g/mol. The summed E-state index contributed by atoms with van der Waals surface area (Å²) in [6.07, 6.45) is 8.60. The van der Waals surface area contributed by atoms with Crippen LogP contribution in [0.5, 0.6) is 11.5 Å². The Labute approximate surface area is 372 Å². The van der Waals surface area contributed by atoms with Crippen molar-refractivity contribution in [3.05, 3.63) is 95.1 Å². The summed E-state index contributed by atoms with van der Waals surface area (Å²) in [6, 6.07) is 21.5. The fourth-order valence-corrected chi connectivity index (χ4v) is 9.67. The summed E-state index contributed by atoms with van der Waals surface area (Å²) in [4.78, 5) is 81.9. The Balaban J connectivity index is 0.708. The second-order valence-corrected chi connectivity index (χ2v) is 17.2. The number of piperazine rings is 1. The van der Waals surface area contributed by atoms with Gasteiger partial charge >= 0.3 is 0 Å². The molecule has 16 nitrogen and oxygen atoms in total. The fourth-order valence-electron chi connectivity index (χ4n) is 9.67. The molecule has 3 aliphatic heterocycles. The number of ether oxygens (including phenoxy) is 1. The van der Waals surface area contributed by atoms with Gasteiger partial charge in [0.2, 0.25) is 17.7 Å². The molecule has 1 unspecified atom stereocenters. The van der Waals surface area contributed by atoms with E-state index in [1.165, 1.54) is 0 Å². The smallest absolute Gasteiger partial charge is 0.262 e. The minimum atomic E-state index is -1.03.